The van der Waals surface area contributed by atoms with Crippen molar-refractivity contribution < 1.29 is 14.6 Å². The first-order valence-corrected chi connectivity index (χ1v) is 11.7. The monoisotopic (exact) mass is 410 g/mol. The van der Waals surface area contributed by atoms with Crippen LogP contribution in [0.5, 0.6) is 0 Å². The van der Waals surface area contributed by atoms with Gasteiger partial charge in [-0.05, 0) is 55.2 Å². The zero-order valence-corrected chi connectivity index (χ0v) is 18.5. The molecule has 1 N–H and O–H groups in total. The maximum absolute atomic E-state index is 11.3. The zero-order valence-electron chi connectivity index (χ0n) is 18.5. The smallest absolute Gasteiger partial charge is 0.450 e. The molecule has 0 amide bonds. The van der Waals surface area contributed by atoms with Crippen LogP contribution in [0.1, 0.15) is 93.9 Å². The van der Waals surface area contributed by atoms with Gasteiger partial charge in [0.15, 0.2) is 0 Å². The number of benzene rings is 2. The van der Waals surface area contributed by atoms with Crippen molar-refractivity contribution in [2.24, 2.45) is 0 Å². The van der Waals surface area contributed by atoms with Crippen LogP contribution in [0, 0.1) is 0 Å². The molecule has 0 saturated heterocycles. The highest BCUT2D eigenvalue weighted by molar-refractivity contribution is 5.57. The number of unbranched alkanes of at least 4 members (excludes halogenated alkanes) is 7. The Labute approximate surface area is 182 Å². The summed E-state index contributed by atoms with van der Waals surface area (Å²) in [6.45, 7) is 2.21. The number of carbonyl (C=O) groups is 1. The highest BCUT2D eigenvalue weighted by atomic mass is 16.7. The van der Waals surface area contributed by atoms with Crippen LogP contribution in [0.15, 0.2) is 54.6 Å². The summed E-state index contributed by atoms with van der Waals surface area (Å²) in [5.41, 5.74) is 3.70. The first kappa shape index (κ1) is 24.0. The Morgan fingerprint density at radius 1 is 0.800 bits per heavy atom. The summed E-state index contributed by atoms with van der Waals surface area (Å²) in [4.78, 5) is 11.3. The first-order valence-electron chi connectivity index (χ1n) is 11.7. The number of rotatable bonds is 15. The van der Waals surface area contributed by atoms with E-state index in [1.807, 2.05) is 18.2 Å². The van der Waals surface area contributed by atoms with Crippen LogP contribution in [0.3, 0.4) is 0 Å². The molecule has 2 rings (SSSR count). The van der Waals surface area contributed by atoms with Crippen LogP contribution in [0.25, 0.3) is 0 Å². The summed E-state index contributed by atoms with van der Waals surface area (Å²) in [6.07, 6.45) is 11.9. The normalized spacial score (nSPS) is 11.9. The standard InChI is InChI=1S/C27H38O3/c1-2-3-4-12-19-24-20-14-15-21-25(24)26(30-27(28)29)22-13-7-5-6-9-16-23-17-10-8-11-18-23/h8,10-11,14-15,17-18,20-21,26H,2-7,9,12-13,16,19,22H2,1H3,(H,28,29). The van der Waals surface area contributed by atoms with Crippen molar-refractivity contribution in [3.05, 3.63) is 71.3 Å². The lowest BCUT2D eigenvalue weighted by molar-refractivity contribution is 0.0460. The summed E-state index contributed by atoms with van der Waals surface area (Å²) in [5, 5.41) is 9.24. The SMILES string of the molecule is CCCCCCc1ccccc1C(CCCCCCCc1ccccc1)OC(=O)O. The van der Waals surface area contributed by atoms with Crippen molar-refractivity contribution in [2.45, 2.75) is 90.1 Å². The van der Waals surface area contributed by atoms with E-state index in [-0.39, 0.29) is 6.10 Å². The Hall–Kier alpha value is -2.29. The second-order valence-electron chi connectivity index (χ2n) is 8.17. The molecule has 0 spiro atoms. The lowest BCUT2D eigenvalue weighted by Crippen LogP contribution is -2.11. The number of carboxylic acid groups (broad SMARTS) is 1. The molecular formula is C27H38O3. The largest absolute Gasteiger partial charge is 0.506 e. The van der Waals surface area contributed by atoms with Gasteiger partial charge in [-0.3, -0.25) is 0 Å². The molecule has 3 heteroatoms. The van der Waals surface area contributed by atoms with E-state index in [2.05, 4.69) is 43.3 Å². The van der Waals surface area contributed by atoms with Crippen molar-refractivity contribution in [1.82, 2.24) is 0 Å². The van der Waals surface area contributed by atoms with E-state index in [1.54, 1.807) is 0 Å². The highest BCUT2D eigenvalue weighted by Gasteiger charge is 2.19. The topological polar surface area (TPSA) is 46.5 Å². The summed E-state index contributed by atoms with van der Waals surface area (Å²) in [6, 6.07) is 18.8. The van der Waals surface area contributed by atoms with E-state index in [9.17, 15) is 9.90 Å². The number of hydrogen-bond donors (Lipinski definition) is 1. The maximum atomic E-state index is 11.3. The molecule has 1 atom stereocenters. The van der Waals surface area contributed by atoms with E-state index in [0.717, 1.165) is 44.1 Å². The van der Waals surface area contributed by atoms with Crippen molar-refractivity contribution >= 4 is 6.16 Å². The van der Waals surface area contributed by atoms with Crippen LogP contribution in [-0.2, 0) is 17.6 Å². The Bertz CT molecular complexity index is 711. The minimum atomic E-state index is -1.18. The fourth-order valence-electron chi connectivity index (χ4n) is 4.05. The fourth-order valence-corrected chi connectivity index (χ4v) is 4.05. The zero-order chi connectivity index (χ0) is 21.4. The Morgan fingerprint density at radius 2 is 1.43 bits per heavy atom. The van der Waals surface area contributed by atoms with E-state index < -0.39 is 6.16 Å². The van der Waals surface area contributed by atoms with Gasteiger partial charge in [0.25, 0.3) is 0 Å². The van der Waals surface area contributed by atoms with Crippen molar-refractivity contribution in [3.8, 4) is 0 Å². The van der Waals surface area contributed by atoms with E-state index in [0.29, 0.717) is 0 Å². The Morgan fingerprint density at radius 3 is 2.20 bits per heavy atom. The molecule has 164 valence electrons. The number of hydrogen-bond acceptors (Lipinski definition) is 2. The number of ether oxygens (including phenoxy) is 1. The van der Waals surface area contributed by atoms with Gasteiger partial charge in [-0.1, -0.05) is 100 Å². The quantitative estimate of drug-likeness (QED) is 0.238. The van der Waals surface area contributed by atoms with Gasteiger partial charge in [0, 0.05) is 0 Å². The van der Waals surface area contributed by atoms with E-state index in [1.165, 1.54) is 49.7 Å². The van der Waals surface area contributed by atoms with Crippen molar-refractivity contribution in [2.75, 3.05) is 0 Å². The summed E-state index contributed by atoms with van der Waals surface area (Å²) in [7, 11) is 0. The average Bonchev–Trinajstić information content (AvgIpc) is 2.76. The summed E-state index contributed by atoms with van der Waals surface area (Å²) in [5.74, 6) is 0. The molecule has 2 aromatic rings. The van der Waals surface area contributed by atoms with Crippen LogP contribution < -0.4 is 0 Å². The molecule has 3 nitrogen and oxygen atoms in total. The molecule has 0 fully saturated rings. The van der Waals surface area contributed by atoms with Crippen LogP contribution in [-0.4, -0.2) is 11.3 Å². The van der Waals surface area contributed by atoms with E-state index >= 15 is 0 Å². The van der Waals surface area contributed by atoms with Crippen molar-refractivity contribution in [1.29, 1.82) is 0 Å². The lowest BCUT2D eigenvalue weighted by atomic mass is 9.94. The predicted octanol–water partition coefficient (Wildman–Crippen LogP) is 8.13. The Kier molecular flexibility index (Phi) is 11.7. The predicted molar refractivity (Wildman–Crippen MR) is 124 cm³/mol. The van der Waals surface area contributed by atoms with Gasteiger partial charge in [0.2, 0.25) is 0 Å². The molecule has 2 aromatic carbocycles. The molecule has 0 aliphatic carbocycles. The van der Waals surface area contributed by atoms with Gasteiger partial charge in [0.05, 0.1) is 0 Å². The van der Waals surface area contributed by atoms with Crippen LogP contribution in [0.2, 0.25) is 0 Å². The summed E-state index contributed by atoms with van der Waals surface area (Å²) >= 11 is 0. The summed E-state index contributed by atoms with van der Waals surface area (Å²) < 4.78 is 5.31. The molecule has 30 heavy (non-hydrogen) atoms. The van der Waals surface area contributed by atoms with Gasteiger partial charge in [-0.25, -0.2) is 4.79 Å². The Balaban J connectivity index is 1.77. The maximum Gasteiger partial charge on any atom is 0.506 e. The molecule has 0 aromatic heterocycles. The van der Waals surface area contributed by atoms with Crippen molar-refractivity contribution in [3.63, 3.8) is 0 Å². The molecular weight excluding hydrogens is 372 g/mol. The highest BCUT2D eigenvalue weighted by Crippen LogP contribution is 2.28. The fraction of sp³-hybridized carbons (Fsp3) is 0.519. The van der Waals surface area contributed by atoms with Gasteiger partial charge < -0.3 is 9.84 Å². The molecule has 0 aliphatic heterocycles. The van der Waals surface area contributed by atoms with Crippen LogP contribution >= 0.6 is 0 Å². The second-order valence-corrected chi connectivity index (χ2v) is 8.17. The lowest BCUT2D eigenvalue weighted by Gasteiger charge is -2.20. The molecule has 0 radical (unpaired) electrons. The third kappa shape index (κ3) is 9.47. The first-order chi connectivity index (χ1) is 14.7. The van der Waals surface area contributed by atoms with E-state index in [4.69, 9.17) is 4.74 Å². The van der Waals surface area contributed by atoms with Gasteiger partial charge in [0.1, 0.15) is 6.10 Å². The molecule has 0 bridgehead atoms. The molecule has 1 unspecified atom stereocenters. The van der Waals surface area contributed by atoms with Gasteiger partial charge in [-0.15, -0.1) is 0 Å². The van der Waals surface area contributed by atoms with Crippen LogP contribution in [0.4, 0.5) is 4.79 Å². The average molecular weight is 411 g/mol. The molecule has 0 heterocycles. The third-order valence-electron chi connectivity index (χ3n) is 5.72. The van der Waals surface area contributed by atoms with Gasteiger partial charge >= 0.3 is 6.16 Å². The minimum absolute atomic E-state index is 0.353. The number of aryl methyl sites for hydroxylation is 2. The third-order valence-corrected chi connectivity index (χ3v) is 5.72. The molecule has 0 saturated carbocycles. The molecule has 0 aliphatic rings. The van der Waals surface area contributed by atoms with Gasteiger partial charge in [-0.2, -0.15) is 0 Å². The minimum Gasteiger partial charge on any atom is -0.450 e. The second kappa shape index (κ2) is 14.7.